The van der Waals surface area contributed by atoms with Crippen molar-refractivity contribution in [2.24, 2.45) is 0 Å². The van der Waals surface area contributed by atoms with E-state index in [2.05, 4.69) is 5.10 Å². The summed E-state index contributed by atoms with van der Waals surface area (Å²) in [4.78, 5) is 10.6. The van der Waals surface area contributed by atoms with Crippen LogP contribution in [0, 0.1) is 5.82 Å². The molecule has 66 valence electrons. The summed E-state index contributed by atoms with van der Waals surface area (Å²) in [6, 6.07) is 4.31. The normalized spacial score (nSPS) is 10.5. The Kier molecular flexibility index (Phi) is 1.51. The second kappa shape index (κ2) is 2.55. The van der Waals surface area contributed by atoms with Crippen LogP contribution in [0.15, 0.2) is 24.4 Å². The standard InChI is InChI=1S/C8H5FN2O2/c9-6-3-1-2-5-4-10-11(7(5)6)8(12)13/h1-4H,(H,12,13). The molecule has 1 aromatic carbocycles. The maximum Gasteiger partial charge on any atom is 0.432 e. The molecule has 0 aliphatic carbocycles. The lowest BCUT2D eigenvalue weighted by Gasteiger charge is -1.95. The molecule has 2 rings (SSSR count). The molecular weight excluding hydrogens is 175 g/mol. The van der Waals surface area contributed by atoms with Crippen LogP contribution in [0.5, 0.6) is 0 Å². The van der Waals surface area contributed by atoms with Gasteiger partial charge in [-0.25, -0.2) is 9.18 Å². The molecule has 2 aromatic rings. The number of hydrogen-bond donors (Lipinski definition) is 1. The molecule has 0 saturated heterocycles. The van der Waals surface area contributed by atoms with Crippen molar-refractivity contribution in [1.29, 1.82) is 0 Å². The Morgan fingerprint density at radius 3 is 3.00 bits per heavy atom. The number of carboxylic acid groups (broad SMARTS) is 1. The second-order valence-electron chi connectivity index (χ2n) is 2.52. The number of hydrogen-bond acceptors (Lipinski definition) is 2. The van der Waals surface area contributed by atoms with Gasteiger partial charge in [-0.1, -0.05) is 12.1 Å². The zero-order valence-corrected chi connectivity index (χ0v) is 6.44. The van der Waals surface area contributed by atoms with E-state index in [9.17, 15) is 9.18 Å². The zero-order valence-electron chi connectivity index (χ0n) is 6.44. The van der Waals surface area contributed by atoms with Crippen molar-refractivity contribution in [2.45, 2.75) is 0 Å². The molecule has 1 N–H and O–H groups in total. The average molecular weight is 180 g/mol. The van der Waals surface area contributed by atoms with Gasteiger partial charge in [0.15, 0.2) is 0 Å². The number of rotatable bonds is 0. The summed E-state index contributed by atoms with van der Waals surface area (Å²) >= 11 is 0. The molecule has 0 fully saturated rings. The van der Waals surface area contributed by atoms with Crippen LogP contribution < -0.4 is 0 Å². The molecule has 4 nitrogen and oxygen atoms in total. The monoisotopic (exact) mass is 180 g/mol. The van der Waals surface area contributed by atoms with Crippen molar-refractivity contribution in [3.63, 3.8) is 0 Å². The predicted molar refractivity (Wildman–Crippen MR) is 43.1 cm³/mol. The maximum absolute atomic E-state index is 13.1. The first kappa shape index (κ1) is 7.72. The van der Waals surface area contributed by atoms with E-state index >= 15 is 0 Å². The SMILES string of the molecule is O=C(O)n1ncc2cccc(F)c21. The third kappa shape index (κ3) is 1.05. The first-order valence-electron chi connectivity index (χ1n) is 3.55. The van der Waals surface area contributed by atoms with E-state index in [0.717, 1.165) is 0 Å². The van der Waals surface area contributed by atoms with E-state index in [-0.39, 0.29) is 5.52 Å². The molecule has 0 aliphatic heterocycles. The first-order valence-corrected chi connectivity index (χ1v) is 3.55. The molecule has 0 radical (unpaired) electrons. The average Bonchev–Trinajstić information content (AvgIpc) is 2.49. The van der Waals surface area contributed by atoms with E-state index in [1.807, 2.05) is 0 Å². The van der Waals surface area contributed by atoms with Gasteiger partial charge in [-0.2, -0.15) is 9.78 Å². The molecule has 5 heteroatoms. The zero-order chi connectivity index (χ0) is 9.42. The van der Waals surface area contributed by atoms with Crippen LogP contribution >= 0.6 is 0 Å². The Labute approximate surface area is 72.2 Å². The van der Waals surface area contributed by atoms with Gasteiger partial charge in [-0.05, 0) is 6.07 Å². The van der Waals surface area contributed by atoms with Crippen LogP contribution in [0.1, 0.15) is 0 Å². The van der Waals surface area contributed by atoms with Gasteiger partial charge in [0.25, 0.3) is 0 Å². The summed E-state index contributed by atoms with van der Waals surface area (Å²) in [5.41, 5.74) is -0.00463. The summed E-state index contributed by atoms with van der Waals surface area (Å²) < 4.78 is 13.7. The van der Waals surface area contributed by atoms with E-state index in [1.165, 1.54) is 18.3 Å². The molecule has 0 spiro atoms. The molecule has 1 heterocycles. The summed E-state index contributed by atoms with van der Waals surface area (Å²) in [6.07, 6.45) is 0.0205. The highest BCUT2D eigenvalue weighted by atomic mass is 19.1. The number of nitrogens with zero attached hydrogens (tertiary/aromatic N) is 2. The van der Waals surface area contributed by atoms with Gasteiger partial charge in [0.2, 0.25) is 0 Å². The Hall–Kier alpha value is -1.91. The third-order valence-electron chi connectivity index (χ3n) is 1.72. The van der Waals surface area contributed by atoms with Crippen LogP contribution in [-0.2, 0) is 0 Å². The van der Waals surface area contributed by atoms with Gasteiger partial charge in [0.1, 0.15) is 11.3 Å². The number of fused-ring (bicyclic) bond motifs is 1. The summed E-state index contributed by atoms with van der Waals surface area (Å²) in [5, 5.41) is 12.6. The smallest absolute Gasteiger partial charge is 0.432 e. The quantitative estimate of drug-likeness (QED) is 0.671. The topological polar surface area (TPSA) is 55.1 Å². The van der Waals surface area contributed by atoms with Crippen molar-refractivity contribution in [2.75, 3.05) is 0 Å². The van der Waals surface area contributed by atoms with Gasteiger partial charge >= 0.3 is 6.09 Å². The molecule has 0 amide bonds. The van der Waals surface area contributed by atoms with Crippen LogP contribution in [-0.4, -0.2) is 21.0 Å². The second-order valence-corrected chi connectivity index (χ2v) is 2.52. The maximum atomic E-state index is 13.1. The minimum atomic E-state index is -1.29. The molecule has 0 aliphatic rings. The fourth-order valence-corrected chi connectivity index (χ4v) is 1.18. The lowest BCUT2D eigenvalue weighted by molar-refractivity contribution is 0.193. The summed E-state index contributed by atoms with van der Waals surface area (Å²) in [7, 11) is 0. The van der Waals surface area contributed by atoms with Gasteiger partial charge < -0.3 is 5.11 Å². The van der Waals surface area contributed by atoms with Crippen LogP contribution in [0.4, 0.5) is 9.18 Å². The summed E-state index contributed by atoms with van der Waals surface area (Å²) in [5.74, 6) is -0.586. The van der Waals surface area contributed by atoms with Gasteiger partial charge in [0.05, 0.1) is 6.20 Å². The number of aromatic nitrogens is 2. The van der Waals surface area contributed by atoms with Crippen molar-refractivity contribution >= 4 is 17.0 Å². The fourth-order valence-electron chi connectivity index (χ4n) is 1.18. The molecule has 0 bridgehead atoms. The Morgan fingerprint density at radius 2 is 2.31 bits per heavy atom. The lowest BCUT2D eigenvalue weighted by atomic mass is 10.2. The van der Waals surface area contributed by atoms with E-state index in [1.54, 1.807) is 6.07 Å². The first-order chi connectivity index (χ1) is 6.20. The lowest BCUT2D eigenvalue weighted by Crippen LogP contribution is -2.09. The number of para-hydroxylation sites is 1. The molecule has 1 aromatic heterocycles. The van der Waals surface area contributed by atoms with Crippen LogP contribution in [0.25, 0.3) is 10.9 Å². The van der Waals surface area contributed by atoms with E-state index in [4.69, 9.17) is 5.11 Å². The Morgan fingerprint density at radius 1 is 1.54 bits per heavy atom. The van der Waals surface area contributed by atoms with Crippen molar-refractivity contribution in [3.8, 4) is 0 Å². The Balaban J connectivity index is 2.86. The van der Waals surface area contributed by atoms with Crippen molar-refractivity contribution in [1.82, 2.24) is 9.78 Å². The highest BCUT2D eigenvalue weighted by molar-refractivity contribution is 5.87. The van der Waals surface area contributed by atoms with Gasteiger partial charge in [-0.3, -0.25) is 0 Å². The van der Waals surface area contributed by atoms with Gasteiger partial charge in [-0.15, -0.1) is 0 Å². The molecular formula is C8H5FN2O2. The van der Waals surface area contributed by atoms with Crippen LogP contribution in [0.3, 0.4) is 0 Å². The third-order valence-corrected chi connectivity index (χ3v) is 1.72. The predicted octanol–water partition coefficient (Wildman–Crippen LogP) is 1.70. The van der Waals surface area contributed by atoms with Crippen molar-refractivity contribution < 1.29 is 14.3 Å². The van der Waals surface area contributed by atoms with Crippen molar-refractivity contribution in [3.05, 3.63) is 30.2 Å². The molecule has 0 unspecified atom stereocenters. The van der Waals surface area contributed by atoms with Gasteiger partial charge in [0, 0.05) is 5.39 Å². The fraction of sp³-hybridized carbons (Fsp3) is 0. The molecule has 13 heavy (non-hydrogen) atoms. The highest BCUT2D eigenvalue weighted by Gasteiger charge is 2.11. The number of benzene rings is 1. The van der Waals surface area contributed by atoms with E-state index < -0.39 is 11.9 Å². The number of carbonyl (C=O) groups is 1. The number of halogens is 1. The van der Waals surface area contributed by atoms with Crippen LogP contribution in [0.2, 0.25) is 0 Å². The van der Waals surface area contributed by atoms with E-state index in [0.29, 0.717) is 10.1 Å². The molecule has 0 atom stereocenters. The minimum absolute atomic E-state index is 0.00463. The summed E-state index contributed by atoms with van der Waals surface area (Å²) in [6.45, 7) is 0. The minimum Gasteiger partial charge on any atom is -0.463 e. The highest BCUT2D eigenvalue weighted by Crippen LogP contribution is 2.16. The molecule has 0 saturated carbocycles. The largest absolute Gasteiger partial charge is 0.463 e. The Bertz CT molecular complexity index is 478.